The Morgan fingerprint density at radius 1 is 1.44 bits per heavy atom. The average Bonchev–Trinajstić information content (AvgIpc) is 2.59. The number of hydrogen-bond donors (Lipinski definition) is 2. The highest BCUT2D eigenvalue weighted by Gasteiger charge is 2.26. The van der Waals surface area contributed by atoms with E-state index in [4.69, 9.17) is 10.5 Å². The van der Waals surface area contributed by atoms with E-state index >= 15 is 0 Å². The van der Waals surface area contributed by atoms with Crippen LogP contribution in [-0.4, -0.2) is 53.6 Å². The molecular weight excluding hydrogens is 324 g/mol. The molecule has 0 fully saturated rings. The van der Waals surface area contributed by atoms with E-state index < -0.39 is 5.91 Å². The van der Waals surface area contributed by atoms with Crippen LogP contribution in [0.25, 0.3) is 11.3 Å². The third-order valence-corrected chi connectivity index (χ3v) is 3.86. The Morgan fingerprint density at radius 3 is 2.96 bits per heavy atom. The lowest BCUT2D eigenvalue weighted by Gasteiger charge is -2.29. The molecule has 1 aliphatic heterocycles. The van der Waals surface area contributed by atoms with Crippen molar-refractivity contribution in [3.63, 3.8) is 0 Å². The molecule has 0 saturated heterocycles. The van der Waals surface area contributed by atoms with Crippen LogP contribution in [0.3, 0.4) is 0 Å². The maximum Gasteiger partial charge on any atom is 0.268 e. The quantitative estimate of drug-likeness (QED) is 0.803. The Morgan fingerprint density at radius 2 is 2.24 bits per heavy atom. The van der Waals surface area contributed by atoms with Crippen LogP contribution in [0.2, 0.25) is 0 Å². The molecule has 0 saturated carbocycles. The Kier molecular flexibility index (Phi) is 4.57. The van der Waals surface area contributed by atoms with Gasteiger partial charge in [0.15, 0.2) is 11.6 Å². The van der Waals surface area contributed by atoms with Gasteiger partial charge in [-0.3, -0.25) is 14.6 Å². The highest BCUT2D eigenvalue weighted by atomic mass is 16.5. The number of fused-ring (bicyclic) bond motifs is 1. The van der Waals surface area contributed by atoms with Crippen LogP contribution in [0.1, 0.15) is 16.1 Å². The van der Waals surface area contributed by atoms with Crippen molar-refractivity contribution in [3.8, 4) is 11.3 Å². The normalized spacial score (nSPS) is 13.4. The monoisotopic (exact) mass is 342 g/mol. The zero-order chi connectivity index (χ0) is 18.0. The molecule has 2 aromatic heterocycles. The molecule has 25 heavy (non-hydrogen) atoms. The van der Waals surface area contributed by atoms with Gasteiger partial charge < -0.3 is 20.7 Å². The number of amides is 2. The predicted molar refractivity (Wildman–Crippen MR) is 91.2 cm³/mol. The Bertz CT molecular complexity index is 839. The number of rotatable bonds is 5. The summed E-state index contributed by atoms with van der Waals surface area (Å²) in [7, 11) is 1.59. The molecule has 2 aromatic rings. The Labute approximate surface area is 144 Å². The third kappa shape index (κ3) is 3.26. The van der Waals surface area contributed by atoms with Crippen molar-refractivity contribution < 1.29 is 14.3 Å². The molecular formula is C16H18N6O3. The van der Waals surface area contributed by atoms with E-state index in [1.54, 1.807) is 18.1 Å². The first-order valence-electron chi connectivity index (χ1n) is 7.67. The summed E-state index contributed by atoms with van der Waals surface area (Å²) in [6.07, 6.45) is 3.02. The molecule has 0 atom stereocenters. The van der Waals surface area contributed by atoms with Crippen molar-refractivity contribution in [3.05, 3.63) is 29.7 Å². The highest BCUT2D eigenvalue weighted by Crippen LogP contribution is 2.30. The molecule has 0 aromatic carbocycles. The number of aryl methyl sites for hydroxylation is 1. The van der Waals surface area contributed by atoms with Gasteiger partial charge in [0.25, 0.3) is 5.91 Å². The number of ether oxygens (including phenoxy) is 1. The number of nitrogens with two attached hydrogens (primary N) is 1. The molecule has 3 rings (SSSR count). The lowest BCUT2D eigenvalue weighted by atomic mass is 10.0. The van der Waals surface area contributed by atoms with Gasteiger partial charge in [-0.2, -0.15) is 0 Å². The van der Waals surface area contributed by atoms with E-state index in [0.717, 1.165) is 5.56 Å². The number of methoxy groups -OCH3 is 1. The first-order chi connectivity index (χ1) is 12.0. The summed E-state index contributed by atoms with van der Waals surface area (Å²) in [4.78, 5) is 38.3. The van der Waals surface area contributed by atoms with Crippen molar-refractivity contribution in [1.82, 2.24) is 15.0 Å². The molecule has 0 aliphatic carbocycles. The van der Waals surface area contributed by atoms with Gasteiger partial charge >= 0.3 is 0 Å². The number of carbonyl (C=O) groups is 2. The van der Waals surface area contributed by atoms with Gasteiger partial charge in [-0.05, 0) is 18.6 Å². The zero-order valence-corrected chi connectivity index (χ0v) is 13.9. The summed E-state index contributed by atoms with van der Waals surface area (Å²) >= 11 is 0. The summed E-state index contributed by atoms with van der Waals surface area (Å²) in [5.74, 6) is 0.0925. The molecule has 9 heteroatoms. The second kappa shape index (κ2) is 6.81. The number of hydrogen-bond acceptors (Lipinski definition) is 7. The second-order valence-corrected chi connectivity index (χ2v) is 5.61. The van der Waals surface area contributed by atoms with E-state index in [-0.39, 0.29) is 18.1 Å². The molecule has 0 spiro atoms. The predicted octanol–water partition coefficient (Wildman–Crippen LogP) is 0.351. The first kappa shape index (κ1) is 16.8. The second-order valence-electron chi connectivity index (χ2n) is 5.61. The van der Waals surface area contributed by atoms with Gasteiger partial charge in [0, 0.05) is 25.4 Å². The minimum absolute atomic E-state index is 0.137. The number of aromatic nitrogens is 3. The van der Waals surface area contributed by atoms with Gasteiger partial charge in [-0.1, -0.05) is 0 Å². The fourth-order valence-electron chi connectivity index (χ4n) is 2.68. The maximum atomic E-state index is 11.8. The molecule has 0 radical (unpaired) electrons. The van der Waals surface area contributed by atoms with Gasteiger partial charge in [0.1, 0.15) is 5.69 Å². The SMILES string of the molecule is COCCN1CC(=O)Nc2ncc(-c3c(C)ccnc3C(N)=O)nc21. The Balaban J connectivity index is 2.10. The summed E-state index contributed by atoms with van der Waals surface area (Å²) in [6.45, 7) is 2.93. The van der Waals surface area contributed by atoms with Crippen LogP contribution in [0, 0.1) is 6.92 Å². The highest BCUT2D eigenvalue weighted by molar-refractivity contribution is 6.00. The van der Waals surface area contributed by atoms with E-state index in [1.165, 1.54) is 12.4 Å². The van der Waals surface area contributed by atoms with Gasteiger partial charge in [-0.15, -0.1) is 0 Å². The molecule has 0 bridgehead atoms. The average molecular weight is 342 g/mol. The van der Waals surface area contributed by atoms with Crippen molar-refractivity contribution in [1.29, 1.82) is 0 Å². The summed E-state index contributed by atoms with van der Waals surface area (Å²) in [6, 6.07) is 1.77. The standard InChI is InChI=1S/C16H18N6O3/c1-9-3-4-18-13(14(17)24)12(9)10-7-19-15-16(20-10)22(5-6-25-2)8-11(23)21-15/h3-4,7H,5-6,8H2,1-2H3,(H2,17,24)(H,19,21,23). The van der Waals surface area contributed by atoms with Crippen LogP contribution < -0.4 is 16.0 Å². The van der Waals surface area contributed by atoms with Gasteiger partial charge in [-0.25, -0.2) is 9.97 Å². The van der Waals surface area contributed by atoms with Crippen LogP contribution in [0.15, 0.2) is 18.5 Å². The first-order valence-corrected chi connectivity index (χ1v) is 7.67. The molecule has 1 aliphatic rings. The summed E-state index contributed by atoms with van der Waals surface area (Å²) in [5, 5.41) is 2.69. The van der Waals surface area contributed by atoms with Crippen molar-refractivity contribution in [2.45, 2.75) is 6.92 Å². The van der Waals surface area contributed by atoms with Crippen LogP contribution in [0.4, 0.5) is 11.6 Å². The minimum Gasteiger partial charge on any atom is -0.383 e. The van der Waals surface area contributed by atoms with Crippen LogP contribution >= 0.6 is 0 Å². The molecule has 3 N–H and O–H groups in total. The summed E-state index contributed by atoms with van der Waals surface area (Å²) in [5.41, 5.74) is 7.38. The smallest absolute Gasteiger partial charge is 0.268 e. The molecule has 9 nitrogen and oxygen atoms in total. The third-order valence-electron chi connectivity index (χ3n) is 3.86. The Hall–Kier alpha value is -3.07. The topological polar surface area (TPSA) is 123 Å². The molecule has 3 heterocycles. The minimum atomic E-state index is -0.636. The fourth-order valence-corrected chi connectivity index (χ4v) is 2.68. The summed E-state index contributed by atoms with van der Waals surface area (Å²) < 4.78 is 5.09. The number of nitrogens with one attached hydrogen (secondary N) is 1. The van der Waals surface area contributed by atoms with Crippen molar-refractivity contribution >= 4 is 23.5 Å². The van der Waals surface area contributed by atoms with Crippen molar-refractivity contribution in [2.75, 3.05) is 37.0 Å². The number of primary amides is 1. The number of nitrogens with zero attached hydrogens (tertiary/aromatic N) is 4. The van der Waals surface area contributed by atoms with Crippen molar-refractivity contribution in [2.24, 2.45) is 5.73 Å². The lowest BCUT2D eigenvalue weighted by Crippen LogP contribution is -2.41. The molecule has 0 unspecified atom stereocenters. The number of carbonyl (C=O) groups excluding carboxylic acids is 2. The van der Waals surface area contributed by atoms with E-state index in [1.807, 2.05) is 6.92 Å². The van der Waals surface area contributed by atoms with Gasteiger partial charge in [0.2, 0.25) is 5.91 Å². The largest absolute Gasteiger partial charge is 0.383 e. The molecule has 130 valence electrons. The lowest BCUT2D eigenvalue weighted by molar-refractivity contribution is -0.115. The number of anilines is 2. The molecule has 2 amide bonds. The fraction of sp³-hybridized carbons (Fsp3) is 0.312. The van der Waals surface area contributed by atoms with Crippen LogP contribution in [0.5, 0.6) is 0 Å². The van der Waals surface area contributed by atoms with E-state index in [0.29, 0.717) is 36.0 Å². The zero-order valence-electron chi connectivity index (χ0n) is 13.9. The number of pyridine rings is 1. The van der Waals surface area contributed by atoms with E-state index in [2.05, 4.69) is 20.3 Å². The van der Waals surface area contributed by atoms with Crippen LogP contribution in [-0.2, 0) is 9.53 Å². The van der Waals surface area contributed by atoms with Gasteiger partial charge in [0.05, 0.1) is 25.0 Å². The van der Waals surface area contributed by atoms with E-state index in [9.17, 15) is 9.59 Å². The maximum absolute atomic E-state index is 11.8.